The van der Waals surface area contributed by atoms with Gasteiger partial charge in [-0.25, -0.2) is 0 Å². The minimum absolute atomic E-state index is 0.321. The van der Waals surface area contributed by atoms with Gasteiger partial charge in [0.25, 0.3) is 0 Å². The van der Waals surface area contributed by atoms with Crippen LogP contribution in [0.5, 0.6) is 0 Å². The first-order chi connectivity index (χ1) is 7.13. The molecule has 0 unspecified atom stereocenters. The average Bonchev–Trinajstić information content (AvgIpc) is 2.99. The Labute approximate surface area is 93.1 Å². The van der Waals surface area contributed by atoms with Crippen molar-refractivity contribution in [1.82, 2.24) is 0 Å². The lowest BCUT2D eigenvalue weighted by Crippen LogP contribution is -2.33. The zero-order valence-electron chi connectivity index (χ0n) is 7.94. The zero-order valence-corrected chi connectivity index (χ0v) is 8.70. The quantitative estimate of drug-likeness (QED) is 0.725. The first-order valence-electron chi connectivity index (χ1n) is 4.73. The Hall–Kier alpha value is -1.02. The van der Waals surface area contributed by atoms with Gasteiger partial charge >= 0.3 is 7.12 Å². The summed E-state index contributed by atoms with van der Waals surface area (Å²) in [5.41, 5.74) is 1.50. The summed E-state index contributed by atoms with van der Waals surface area (Å²) in [4.78, 5) is 0. The largest absolute Gasteiger partial charge is 0.488 e. The van der Waals surface area contributed by atoms with E-state index in [1.54, 1.807) is 6.07 Å². The topological polar surface area (TPSA) is 64.2 Å². The molecular formula is C10H9BClNO2. The summed E-state index contributed by atoms with van der Waals surface area (Å²) < 4.78 is 0. The van der Waals surface area contributed by atoms with Gasteiger partial charge in [-0.2, -0.15) is 5.26 Å². The molecule has 1 aliphatic rings. The lowest BCUT2D eigenvalue weighted by molar-refractivity contribution is 0.425. The first-order valence-corrected chi connectivity index (χ1v) is 5.11. The average molecular weight is 221 g/mol. The molecule has 0 amide bonds. The number of hydrogen-bond donors (Lipinski definition) is 2. The third-order valence-electron chi connectivity index (χ3n) is 2.55. The second-order valence-corrected chi connectivity index (χ2v) is 4.13. The molecule has 0 bridgehead atoms. The fourth-order valence-corrected chi connectivity index (χ4v) is 2.10. The van der Waals surface area contributed by atoms with Crippen LogP contribution in [0.1, 0.15) is 29.9 Å². The molecule has 5 heteroatoms. The molecule has 2 rings (SSSR count). The van der Waals surface area contributed by atoms with Crippen molar-refractivity contribution >= 4 is 24.2 Å². The molecule has 0 heterocycles. The van der Waals surface area contributed by atoms with E-state index >= 15 is 0 Å². The summed E-state index contributed by atoms with van der Waals surface area (Å²) in [6.07, 6.45) is 2.04. The number of hydrogen-bond acceptors (Lipinski definition) is 3. The van der Waals surface area contributed by atoms with Crippen LogP contribution >= 0.6 is 11.6 Å². The summed E-state index contributed by atoms with van der Waals surface area (Å²) in [7, 11) is -1.56. The molecule has 1 aliphatic carbocycles. The maximum atomic E-state index is 9.21. The molecule has 0 radical (unpaired) electrons. The predicted octanol–water partition coefficient (Wildman–Crippen LogP) is 0.769. The van der Waals surface area contributed by atoms with Gasteiger partial charge in [-0.1, -0.05) is 11.6 Å². The molecule has 1 aromatic rings. The molecule has 1 fully saturated rings. The van der Waals surface area contributed by atoms with Crippen molar-refractivity contribution in [3.05, 3.63) is 28.3 Å². The Bertz CT molecular complexity index is 438. The molecule has 0 aromatic heterocycles. The Morgan fingerprint density at radius 2 is 2.07 bits per heavy atom. The van der Waals surface area contributed by atoms with Crippen LogP contribution < -0.4 is 5.46 Å². The fraction of sp³-hybridized carbons (Fsp3) is 0.300. The van der Waals surface area contributed by atoms with Crippen LogP contribution in [0, 0.1) is 11.3 Å². The van der Waals surface area contributed by atoms with Crippen LogP contribution in [0.3, 0.4) is 0 Å². The maximum absolute atomic E-state index is 9.21. The van der Waals surface area contributed by atoms with E-state index in [1.165, 1.54) is 6.07 Å². The second kappa shape index (κ2) is 3.86. The van der Waals surface area contributed by atoms with E-state index in [0.717, 1.165) is 18.4 Å². The van der Waals surface area contributed by atoms with Gasteiger partial charge in [0, 0.05) is 5.02 Å². The Kier molecular flexibility index (Phi) is 2.70. The van der Waals surface area contributed by atoms with Crippen LogP contribution in [-0.4, -0.2) is 17.2 Å². The van der Waals surface area contributed by atoms with Gasteiger partial charge < -0.3 is 10.0 Å². The van der Waals surface area contributed by atoms with Crippen molar-refractivity contribution < 1.29 is 10.0 Å². The highest BCUT2D eigenvalue weighted by Crippen LogP contribution is 2.42. The predicted molar refractivity (Wildman–Crippen MR) is 58.0 cm³/mol. The van der Waals surface area contributed by atoms with Crippen molar-refractivity contribution in [2.24, 2.45) is 0 Å². The third kappa shape index (κ3) is 2.00. The Balaban J connectivity index is 2.56. The van der Waals surface area contributed by atoms with Gasteiger partial charge in [-0.3, -0.25) is 0 Å². The monoisotopic (exact) mass is 221 g/mol. The molecule has 3 nitrogen and oxygen atoms in total. The number of halogens is 1. The third-order valence-corrected chi connectivity index (χ3v) is 2.87. The van der Waals surface area contributed by atoms with Crippen LogP contribution in [0.4, 0.5) is 0 Å². The summed E-state index contributed by atoms with van der Waals surface area (Å²) in [5.74, 6) is 0.321. The molecule has 15 heavy (non-hydrogen) atoms. The van der Waals surface area contributed by atoms with Crippen molar-refractivity contribution in [3.8, 4) is 6.07 Å². The van der Waals surface area contributed by atoms with E-state index in [-0.39, 0.29) is 0 Å². The summed E-state index contributed by atoms with van der Waals surface area (Å²) >= 11 is 6.02. The van der Waals surface area contributed by atoms with Crippen molar-refractivity contribution in [3.63, 3.8) is 0 Å². The van der Waals surface area contributed by atoms with E-state index in [4.69, 9.17) is 16.9 Å². The minimum atomic E-state index is -1.56. The van der Waals surface area contributed by atoms with Crippen molar-refractivity contribution in [1.29, 1.82) is 5.26 Å². The van der Waals surface area contributed by atoms with Gasteiger partial charge in [0.15, 0.2) is 0 Å². The molecule has 0 aliphatic heterocycles. The lowest BCUT2D eigenvalue weighted by Gasteiger charge is -2.10. The summed E-state index contributed by atoms with van der Waals surface area (Å²) in [5, 5.41) is 27.6. The van der Waals surface area contributed by atoms with E-state index < -0.39 is 7.12 Å². The molecule has 0 atom stereocenters. The summed E-state index contributed by atoms with van der Waals surface area (Å²) in [6.45, 7) is 0. The molecule has 76 valence electrons. The molecule has 2 N–H and O–H groups in total. The molecule has 0 saturated heterocycles. The minimum Gasteiger partial charge on any atom is -0.423 e. The van der Waals surface area contributed by atoms with Gasteiger partial charge in [-0.15, -0.1) is 0 Å². The molecule has 0 spiro atoms. The number of nitrogens with zero attached hydrogens (tertiary/aromatic N) is 1. The van der Waals surface area contributed by atoms with E-state index in [9.17, 15) is 10.0 Å². The number of nitriles is 1. The van der Waals surface area contributed by atoms with Crippen LogP contribution in [0.25, 0.3) is 0 Å². The normalized spacial score (nSPS) is 14.8. The van der Waals surface area contributed by atoms with E-state index in [1.807, 2.05) is 6.07 Å². The highest BCUT2D eigenvalue weighted by atomic mass is 35.5. The molecule has 1 saturated carbocycles. The summed E-state index contributed by atoms with van der Waals surface area (Å²) in [6, 6.07) is 5.00. The first kappa shape index (κ1) is 10.5. The fourth-order valence-electron chi connectivity index (χ4n) is 1.72. The smallest absolute Gasteiger partial charge is 0.423 e. The highest BCUT2D eigenvalue weighted by Gasteiger charge is 2.31. The standard InChI is InChI=1S/C10H9BClNO2/c12-9-4-6(5-13)3-8(11(14)15)10(9)7-1-2-7/h3-4,7,14-15H,1-2H2. The van der Waals surface area contributed by atoms with Gasteiger partial charge in [0.2, 0.25) is 0 Å². The molecular weight excluding hydrogens is 212 g/mol. The van der Waals surface area contributed by atoms with Crippen LogP contribution in [0.15, 0.2) is 12.1 Å². The van der Waals surface area contributed by atoms with Gasteiger partial charge in [0.1, 0.15) is 0 Å². The lowest BCUT2D eigenvalue weighted by atomic mass is 9.75. The van der Waals surface area contributed by atoms with Gasteiger partial charge in [-0.05, 0) is 41.9 Å². The maximum Gasteiger partial charge on any atom is 0.488 e. The van der Waals surface area contributed by atoms with Crippen molar-refractivity contribution in [2.45, 2.75) is 18.8 Å². The van der Waals surface area contributed by atoms with Gasteiger partial charge in [0.05, 0.1) is 11.6 Å². The molecule has 1 aromatic carbocycles. The van der Waals surface area contributed by atoms with E-state index in [2.05, 4.69) is 0 Å². The SMILES string of the molecule is N#Cc1cc(Cl)c(C2CC2)c(B(O)O)c1. The number of rotatable bonds is 2. The second-order valence-electron chi connectivity index (χ2n) is 3.72. The van der Waals surface area contributed by atoms with Crippen LogP contribution in [-0.2, 0) is 0 Å². The zero-order chi connectivity index (χ0) is 11.0. The number of benzene rings is 1. The highest BCUT2D eigenvalue weighted by molar-refractivity contribution is 6.59. The van der Waals surface area contributed by atoms with Crippen LogP contribution in [0.2, 0.25) is 5.02 Å². The van der Waals surface area contributed by atoms with E-state index in [0.29, 0.717) is 22.0 Å². The Morgan fingerprint density at radius 3 is 2.53 bits per heavy atom. The Morgan fingerprint density at radius 1 is 1.40 bits per heavy atom. The van der Waals surface area contributed by atoms with Crippen molar-refractivity contribution in [2.75, 3.05) is 0 Å².